The van der Waals surface area contributed by atoms with Gasteiger partial charge in [-0.15, -0.1) is 0 Å². The van der Waals surface area contributed by atoms with Gasteiger partial charge in [-0.3, -0.25) is 0 Å². The first kappa shape index (κ1) is 8.44. The molecule has 0 bridgehead atoms. The average molecular weight is 200 g/mol. The molecule has 0 aliphatic heterocycles. The fraction of sp³-hybridized carbons (Fsp3) is 0.250. The summed E-state index contributed by atoms with van der Waals surface area (Å²) in [5, 5.41) is 0.364. The van der Waals surface area contributed by atoms with E-state index in [9.17, 15) is 4.39 Å². The molecule has 2 aromatic rings. The number of fused-ring (bicyclic) bond motifs is 1. The highest BCUT2D eigenvalue weighted by Gasteiger charge is 2.06. The lowest BCUT2D eigenvalue weighted by atomic mass is 10.4. The fourth-order valence-electron chi connectivity index (χ4n) is 1.27. The van der Waals surface area contributed by atoms with Gasteiger partial charge < -0.3 is 4.57 Å². The van der Waals surface area contributed by atoms with E-state index >= 15 is 0 Å². The highest BCUT2D eigenvalue weighted by Crippen LogP contribution is 2.19. The van der Waals surface area contributed by atoms with E-state index in [2.05, 4.69) is 9.97 Å². The maximum absolute atomic E-state index is 12.1. The average Bonchev–Trinajstić information content (AvgIpc) is 2.51. The zero-order valence-electron chi connectivity index (χ0n) is 6.74. The Morgan fingerprint density at radius 1 is 1.46 bits per heavy atom. The summed E-state index contributed by atoms with van der Waals surface area (Å²) in [5.41, 5.74) is 1.44. The number of rotatable bonds is 2. The lowest BCUT2D eigenvalue weighted by molar-refractivity contribution is 0.451. The van der Waals surface area contributed by atoms with Gasteiger partial charge in [0.1, 0.15) is 18.5 Å². The zero-order chi connectivity index (χ0) is 9.26. The van der Waals surface area contributed by atoms with Crippen LogP contribution in [0.1, 0.15) is 0 Å². The summed E-state index contributed by atoms with van der Waals surface area (Å²) in [6.45, 7) is -0.133. The van der Waals surface area contributed by atoms with Crippen molar-refractivity contribution in [3.63, 3.8) is 0 Å². The van der Waals surface area contributed by atoms with Crippen LogP contribution in [0.3, 0.4) is 0 Å². The number of alkyl halides is 1. The third kappa shape index (κ3) is 1.37. The van der Waals surface area contributed by atoms with E-state index in [-0.39, 0.29) is 6.54 Å². The highest BCUT2D eigenvalue weighted by molar-refractivity contribution is 6.33. The fourth-order valence-corrected chi connectivity index (χ4v) is 1.52. The van der Waals surface area contributed by atoms with Gasteiger partial charge in [-0.2, -0.15) is 0 Å². The van der Waals surface area contributed by atoms with E-state index in [1.54, 1.807) is 16.8 Å². The molecule has 2 rings (SSSR count). The first-order chi connectivity index (χ1) is 6.33. The Morgan fingerprint density at radius 2 is 2.31 bits per heavy atom. The zero-order valence-corrected chi connectivity index (χ0v) is 7.50. The normalized spacial score (nSPS) is 10.9. The quantitative estimate of drug-likeness (QED) is 0.694. The molecule has 13 heavy (non-hydrogen) atoms. The monoisotopic (exact) mass is 199 g/mol. The van der Waals surface area contributed by atoms with Crippen LogP contribution in [0.4, 0.5) is 4.39 Å². The first-order valence-corrected chi connectivity index (χ1v) is 4.22. The van der Waals surface area contributed by atoms with Crippen molar-refractivity contribution >= 4 is 22.6 Å². The Hall–Kier alpha value is -1.16. The van der Waals surface area contributed by atoms with E-state index in [1.165, 1.54) is 6.33 Å². The van der Waals surface area contributed by atoms with Gasteiger partial charge in [0.05, 0.1) is 12.1 Å². The lowest BCUT2D eigenvalue weighted by Gasteiger charge is -2.01. The molecule has 2 aromatic heterocycles. The second-order valence-corrected chi connectivity index (χ2v) is 2.95. The predicted octanol–water partition coefficient (Wildman–Crippen LogP) is 2.05. The molecule has 0 amide bonds. The molecule has 0 atom stereocenters. The van der Waals surface area contributed by atoms with Crippen LogP contribution in [0.15, 0.2) is 18.6 Å². The summed E-state index contributed by atoms with van der Waals surface area (Å²) < 4.78 is 13.8. The number of halogens is 2. The van der Waals surface area contributed by atoms with Crippen LogP contribution in [0.2, 0.25) is 5.15 Å². The Morgan fingerprint density at radius 3 is 3.08 bits per heavy atom. The van der Waals surface area contributed by atoms with Crippen molar-refractivity contribution in [3.8, 4) is 0 Å². The third-order valence-electron chi connectivity index (χ3n) is 1.83. The summed E-state index contributed by atoms with van der Waals surface area (Å²) in [6, 6.07) is 1.79. The lowest BCUT2D eigenvalue weighted by Crippen LogP contribution is -1.98. The van der Waals surface area contributed by atoms with Gasteiger partial charge in [0.2, 0.25) is 0 Å². The topological polar surface area (TPSA) is 30.7 Å². The molecular weight excluding hydrogens is 193 g/mol. The van der Waals surface area contributed by atoms with Crippen molar-refractivity contribution in [2.24, 2.45) is 0 Å². The van der Waals surface area contributed by atoms with Gasteiger partial charge in [-0.05, 0) is 6.07 Å². The van der Waals surface area contributed by atoms with E-state index in [1.807, 2.05) is 0 Å². The molecule has 2 heterocycles. The molecule has 5 heteroatoms. The van der Waals surface area contributed by atoms with Gasteiger partial charge in [0.25, 0.3) is 0 Å². The van der Waals surface area contributed by atoms with Crippen molar-refractivity contribution < 1.29 is 4.39 Å². The van der Waals surface area contributed by atoms with Crippen LogP contribution in [-0.4, -0.2) is 21.2 Å². The van der Waals surface area contributed by atoms with Crippen LogP contribution in [0, 0.1) is 0 Å². The first-order valence-electron chi connectivity index (χ1n) is 3.84. The van der Waals surface area contributed by atoms with Crippen LogP contribution >= 0.6 is 11.6 Å². The molecule has 0 radical (unpaired) electrons. The summed E-state index contributed by atoms with van der Waals surface area (Å²) >= 11 is 5.84. The Bertz CT molecular complexity index is 426. The summed E-state index contributed by atoms with van der Waals surface area (Å²) in [5.74, 6) is 0. The summed E-state index contributed by atoms with van der Waals surface area (Å²) in [6.07, 6.45) is 3.15. The van der Waals surface area contributed by atoms with Crippen LogP contribution < -0.4 is 0 Å². The molecule has 0 saturated heterocycles. The van der Waals surface area contributed by atoms with Gasteiger partial charge in [0, 0.05) is 6.20 Å². The Kier molecular flexibility index (Phi) is 2.14. The summed E-state index contributed by atoms with van der Waals surface area (Å²) in [7, 11) is 0. The van der Waals surface area contributed by atoms with E-state index in [4.69, 9.17) is 11.6 Å². The number of nitrogens with zero attached hydrogens (tertiary/aromatic N) is 3. The van der Waals surface area contributed by atoms with Gasteiger partial charge >= 0.3 is 0 Å². The molecule has 0 aliphatic carbocycles. The molecule has 0 N–H and O–H groups in total. The van der Waals surface area contributed by atoms with Crippen LogP contribution in [0.25, 0.3) is 11.0 Å². The molecule has 0 aromatic carbocycles. The second kappa shape index (κ2) is 3.30. The molecule has 68 valence electrons. The van der Waals surface area contributed by atoms with Crippen molar-refractivity contribution in [2.45, 2.75) is 6.54 Å². The largest absolute Gasteiger partial charge is 0.341 e. The molecule has 0 spiro atoms. The molecular formula is C8H7ClFN3. The molecule has 0 fully saturated rings. The van der Waals surface area contributed by atoms with Crippen LogP contribution in [-0.2, 0) is 6.54 Å². The van der Waals surface area contributed by atoms with Crippen molar-refractivity contribution in [3.05, 3.63) is 23.7 Å². The molecule has 0 saturated carbocycles. The second-order valence-electron chi connectivity index (χ2n) is 2.60. The molecule has 0 unspecified atom stereocenters. The standard InChI is InChI=1S/C8H7ClFN3/c9-8-7-6(11-5-12-8)1-3-13(7)4-2-10/h1,3,5H,2,4H2. The minimum Gasteiger partial charge on any atom is -0.341 e. The minimum absolute atomic E-state index is 0.288. The Balaban J connectivity index is 2.64. The minimum atomic E-state index is -0.422. The van der Waals surface area contributed by atoms with Crippen LogP contribution in [0.5, 0.6) is 0 Å². The smallest absolute Gasteiger partial charge is 0.156 e. The van der Waals surface area contributed by atoms with E-state index in [0.717, 1.165) is 5.52 Å². The SMILES string of the molecule is FCCn1ccc2ncnc(Cl)c21. The van der Waals surface area contributed by atoms with Crippen molar-refractivity contribution in [1.29, 1.82) is 0 Å². The predicted molar refractivity (Wildman–Crippen MR) is 48.5 cm³/mol. The number of aryl methyl sites for hydroxylation is 1. The molecule has 3 nitrogen and oxygen atoms in total. The number of hydrogen-bond donors (Lipinski definition) is 0. The number of aromatic nitrogens is 3. The van der Waals surface area contributed by atoms with Crippen molar-refractivity contribution in [1.82, 2.24) is 14.5 Å². The van der Waals surface area contributed by atoms with Crippen molar-refractivity contribution in [2.75, 3.05) is 6.67 Å². The Labute approximate surface area is 79.2 Å². The van der Waals surface area contributed by atoms with Gasteiger partial charge in [-0.25, -0.2) is 14.4 Å². The maximum atomic E-state index is 12.1. The summed E-state index contributed by atoms with van der Waals surface area (Å²) in [4.78, 5) is 7.84. The third-order valence-corrected chi connectivity index (χ3v) is 2.11. The van der Waals surface area contributed by atoms with E-state index in [0.29, 0.717) is 10.7 Å². The highest BCUT2D eigenvalue weighted by atomic mass is 35.5. The number of hydrogen-bond acceptors (Lipinski definition) is 2. The van der Waals surface area contributed by atoms with Gasteiger partial charge in [-0.1, -0.05) is 11.6 Å². The maximum Gasteiger partial charge on any atom is 0.156 e. The molecule has 0 aliphatic rings. The van der Waals surface area contributed by atoms with E-state index < -0.39 is 6.67 Å². The van der Waals surface area contributed by atoms with Gasteiger partial charge in [0.15, 0.2) is 5.15 Å².